The van der Waals surface area contributed by atoms with Crippen LogP contribution in [0.5, 0.6) is 0 Å². The molecule has 1 aliphatic rings. The largest absolute Gasteiger partial charge is 0.481 e. The lowest BCUT2D eigenvalue weighted by Crippen LogP contribution is -2.49. The number of rotatable bonds is 5. The van der Waals surface area contributed by atoms with Gasteiger partial charge in [0.05, 0.1) is 12.0 Å². The summed E-state index contributed by atoms with van der Waals surface area (Å²) in [6, 6.07) is 0. The van der Waals surface area contributed by atoms with Crippen molar-refractivity contribution in [3.05, 3.63) is 47.6 Å². The van der Waals surface area contributed by atoms with Crippen molar-refractivity contribution in [1.29, 1.82) is 0 Å². The van der Waals surface area contributed by atoms with Crippen LogP contribution in [0.3, 0.4) is 0 Å². The Morgan fingerprint density at radius 1 is 1.13 bits per heavy atom. The van der Waals surface area contributed by atoms with Crippen LogP contribution in [0.2, 0.25) is 18.1 Å². The zero-order valence-electron chi connectivity index (χ0n) is 21.5. The first-order valence-electron chi connectivity index (χ1n) is 11.6. The van der Waals surface area contributed by atoms with E-state index in [9.17, 15) is 9.90 Å². The molecule has 0 aromatic carbocycles. The van der Waals surface area contributed by atoms with Crippen LogP contribution in [0.1, 0.15) is 74.1 Å². The van der Waals surface area contributed by atoms with Crippen molar-refractivity contribution in [2.45, 2.75) is 98.4 Å². The maximum Gasteiger partial charge on any atom is 0.310 e. The molecule has 0 spiro atoms. The molecular weight excluding hydrogens is 400 g/mol. The Hall–Kier alpha value is -1.39. The third-order valence-electron chi connectivity index (χ3n) is 7.35. The Morgan fingerprint density at radius 3 is 2.16 bits per heavy atom. The summed E-state index contributed by atoms with van der Waals surface area (Å²) in [7, 11) is -2.19. The third-order valence-corrected chi connectivity index (χ3v) is 11.8. The van der Waals surface area contributed by atoms with Crippen LogP contribution in [0.15, 0.2) is 47.6 Å². The molecule has 0 fully saturated rings. The summed E-state index contributed by atoms with van der Waals surface area (Å²) in [5.41, 5.74) is 4.42. The van der Waals surface area contributed by atoms with Gasteiger partial charge in [0, 0.05) is 0 Å². The van der Waals surface area contributed by atoms with E-state index in [0.29, 0.717) is 0 Å². The molecule has 0 aromatic heterocycles. The molecule has 4 atom stereocenters. The zero-order valence-corrected chi connectivity index (χ0v) is 22.5. The number of carboxylic acid groups (broad SMARTS) is 1. The minimum atomic E-state index is -2.19. The van der Waals surface area contributed by atoms with Gasteiger partial charge < -0.3 is 9.53 Å². The molecule has 0 saturated carbocycles. The Labute approximate surface area is 192 Å². The molecular formula is C27H46O3Si. The number of carbonyl (C=O) groups is 1. The number of hydrogen-bond acceptors (Lipinski definition) is 2. The first-order valence-corrected chi connectivity index (χ1v) is 14.5. The Bertz CT molecular complexity index is 736. The van der Waals surface area contributed by atoms with Crippen LogP contribution in [0, 0.1) is 17.8 Å². The number of aliphatic carboxylic acids is 1. The van der Waals surface area contributed by atoms with E-state index >= 15 is 0 Å². The van der Waals surface area contributed by atoms with Crippen LogP contribution in [0.25, 0.3) is 0 Å². The average Bonchev–Trinajstić information content (AvgIpc) is 2.59. The van der Waals surface area contributed by atoms with Gasteiger partial charge in [0.1, 0.15) is 0 Å². The molecule has 0 radical (unpaired) electrons. The molecule has 0 bridgehead atoms. The van der Waals surface area contributed by atoms with Crippen molar-refractivity contribution in [2.75, 3.05) is 0 Å². The molecule has 4 heteroatoms. The van der Waals surface area contributed by atoms with Gasteiger partial charge in [-0.05, 0) is 88.9 Å². The van der Waals surface area contributed by atoms with Gasteiger partial charge in [0.25, 0.3) is 0 Å². The first kappa shape index (κ1) is 27.6. The highest BCUT2D eigenvalue weighted by atomic mass is 28.4. The van der Waals surface area contributed by atoms with E-state index in [1.807, 2.05) is 13.8 Å². The highest BCUT2D eigenvalue weighted by Crippen LogP contribution is 2.42. The summed E-state index contributed by atoms with van der Waals surface area (Å²) in [6.45, 7) is 27.7. The van der Waals surface area contributed by atoms with E-state index in [4.69, 9.17) is 4.43 Å². The van der Waals surface area contributed by atoms with Gasteiger partial charge >= 0.3 is 5.97 Å². The van der Waals surface area contributed by atoms with E-state index in [1.165, 1.54) is 5.57 Å². The first-order chi connectivity index (χ1) is 14.1. The number of hydrogen-bond donors (Lipinski definition) is 1. The van der Waals surface area contributed by atoms with Crippen molar-refractivity contribution in [3.63, 3.8) is 0 Å². The molecule has 0 unspecified atom stereocenters. The summed E-state index contributed by atoms with van der Waals surface area (Å²) in [6.07, 6.45) is 7.55. The van der Waals surface area contributed by atoms with Crippen molar-refractivity contribution in [2.24, 2.45) is 17.8 Å². The summed E-state index contributed by atoms with van der Waals surface area (Å²) in [5, 5.41) is 10.4. The summed E-state index contributed by atoms with van der Waals surface area (Å²) in [5.74, 6) is -1.40. The van der Waals surface area contributed by atoms with Gasteiger partial charge in [-0.3, -0.25) is 4.79 Å². The van der Waals surface area contributed by atoms with Gasteiger partial charge in [0.15, 0.2) is 8.32 Å². The fourth-order valence-electron chi connectivity index (χ4n) is 4.00. The Kier molecular flexibility index (Phi) is 9.77. The van der Waals surface area contributed by atoms with Gasteiger partial charge in [0.2, 0.25) is 0 Å². The fourth-order valence-corrected chi connectivity index (χ4v) is 5.33. The van der Waals surface area contributed by atoms with Crippen molar-refractivity contribution in [3.8, 4) is 0 Å². The summed E-state index contributed by atoms with van der Waals surface area (Å²) < 4.78 is 6.85. The normalized spacial score (nSPS) is 30.1. The molecule has 1 aliphatic carbocycles. The van der Waals surface area contributed by atoms with Crippen LogP contribution in [0.4, 0.5) is 0 Å². The van der Waals surface area contributed by atoms with Crippen LogP contribution in [-0.4, -0.2) is 25.5 Å². The lowest BCUT2D eigenvalue weighted by molar-refractivity contribution is -0.146. The maximum atomic E-state index is 12.7. The van der Waals surface area contributed by atoms with Gasteiger partial charge in [-0.25, -0.2) is 0 Å². The monoisotopic (exact) mass is 446 g/mol. The average molecular weight is 447 g/mol. The number of carboxylic acids is 1. The maximum absolute atomic E-state index is 12.7. The smallest absolute Gasteiger partial charge is 0.310 e. The number of allylic oxidation sites excluding steroid dienone is 5. The van der Waals surface area contributed by atoms with Gasteiger partial charge in [-0.1, -0.05) is 62.8 Å². The molecule has 0 aromatic rings. The summed E-state index contributed by atoms with van der Waals surface area (Å²) >= 11 is 0. The second-order valence-electron chi connectivity index (χ2n) is 11.2. The Morgan fingerprint density at radius 2 is 1.71 bits per heavy atom. The van der Waals surface area contributed by atoms with Crippen molar-refractivity contribution in [1.82, 2.24) is 0 Å². The second-order valence-corrected chi connectivity index (χ2v) is 15.9. The van der Waals surface area contributed by atoms with Crippen LogP contribution < -0.4 is 0 Å². The highest BCUT2D eigenvalue weighted by Gasteiger charge is 2.45. The predicted octanol–water partition coefficient (Wildman–Crippen LogP) is 7.93. The molecule has 0 amide bonds. The van der Waals surface area contributed by atoms with Gasteiger partial charge in [-0.15, -0.1) is 0 Å². The molecule has 0 heterocycles. The molecule has 0 aliphatic heterocycles. The standard InChI is InChI=1S/C27H46O3Si/c1-18(2)22-16-15-20(5)13-12-14-21(6)25(30-31(10,11)27(7,8)9)24(26(28)29)23(17-22)19(3)4/h14-15,22-25H,1,3,12-13,16-17H2,2,4-11H3,(H,28,29)/b20-15+,21-14+/t22-,23+,24-,25-/m0/s1. The van der Waals surface area contributed by atoms with Crippen LogP contribution in [-0.2, 0) is 9.22 Å². The molecule has 1 rings (SSSR count). The SMILES string of the molecule is C=C(C)[C@H]1C/C=C(\C)CC/C=C(\C)[C@H](O[Si](C)(C)C(C)(C)C)[C@@H](C(=O)O)[C@@H](C(=C)C)C1. The third kappa shape index (κ3) is 7.60. The van der Waals surface area contributed by atoms with Crippen molar-refractivity contribution < 1.29 is 14.3 Å². The van der Waals surface area contributed by atoms with E-state index in [-0.39, 0.29) is 16.9 Å². The quantitative estimate of drug-likeness (QED) is 0.344. The topological polar surface area (TPSA) is 46.5 Å². The molecule has 176 valence electrons. The lowest BCUT2D eigenvalue weighted by Gasteiger charge is -2.43. The second kappa shape index (κ2) is 11.0. The van der Waals surface area contributed by atoms with E-state index in [1.54, 1.807) is 0 Å². The predicted molar refractivity (Wildman–Crippen MR) is 136 cm³/mol. The van der Waals surface area contributed by atoms with E-state index in [2.05, 4.69) is 73.0 Å². The molecule has 3 nitrogen and oxygen atoms in total. The molecule has 1 N–H and O–H groups in total. The molecule has 0 saturated heterocycles. The highest BCUT2D eigenvalue weighted by molar-refractivity contribution is 6.74. The fraction of sp³-hybridized carbons (Fsp3) is 0.667. The van der Waals surface area contributed by atoms with E-state index < -0.39 is 26.3 Å². The van der Waals surface area contributed by atoms with Gasteiger partial charge in [-0.2, -0.15) is 0 Å². The van der Waals surface area contributed by atoms with Crippen molar-refractivity contribution >= 4 is 14.3 Å². The Balaban J connectivity index is 3.62. The van der Waals surface area contributed by atoms with Crippen LogP contribution >= 0.6 is 0 Å². The zero-order chi connectivity index (χ0) is 24.1. The van der Waals surface area contributed by atoms with E-state index in [0.717, 1.165) is 42.4 Å². The minimum absolute atomic E-state index is 0.00168. The minimum Gasteiger partial charge on any atom is -0.481 e. The lowest BCUT2D eigenvalue weighted by atomic mass is 9.74. The molecule has 31 heavy (non-hydrogen) atoms. The summed E-state index contributed by atoms with van der Waals surface area (Å²) in [4.78, 5) is 12.7.